The van der Waals surface area contributed by atoms with Crippen molar-refractivity contribution < 1.29 is 14.7 Å². The van der Waals surface area contributed by atoms with Crippen LogP contribution in [0.1, 0.15) is 18.1 Å². The van der Waals surface area contributed by atoms with E-state index in [2.05, 4.69) is 31.8 Å². The highest BCUT2D eigenvalue weighted by molar-refractivity contribution is 9.10. The predicted molar refractivity (Wildman–Crippen MR) is 96.0 cm³/mol. The number of carbonyl (C=O) groups is 2. The number of nitrogens with one attached hydrogen (secondary N) is 2. The molecule has 0 aliphatic rings. The van der Waals surface area contributed by atoms with Gasteiger partial charge in [-0.3, -0.25) is 9.59 Å². The van der Waals surface area contributed by atoms with Gasteiger partial charge in [-0.15, -0.1) is 0 Å². The molecule has 0 bridgehead atoms. The molecule has 124 valence electrons. The van der Waals surface area contributed by atoms with Crippen LogP contribution in [0.4, 0.5) is 5.69 Å². The number of para-hydroxylation sites is 1. The zero-order chi connectivity index (χ0) is 17.5. The molecule has 2 rings (SSSR count). The first-order chi connectivity index (χ1) is 11.5. The smallest absolute Gasteiger partial charge is 0.329 e. The van der Waals surface area contributed by atoms with Gasteiger partial charge in [0.15, 0.2) is 0 Å². The van der Waals surface area contributed by atoms with Gasteiger partial charge >= 0.3 is 11.8 Å². The van der Waals surface area contributed by atoms with Gasteiger partial charge in [-0.25, -0.2) is 5.43 Å². The summed E-state index contributed by atoms with van der Waals surface area (Å²) < 4.78 is 0.506. The number of halogens is 1. The lowest BCUT2D eigenvalue weighted by molar-refractivity contribution is -0.136. The van der Waals surface area contributed by atoms with E-state index in [-0.39, 0.29) is 5.75 Å². The number of aromatic hydroxyl groups is 1. The van der Waals surface area contributed by atoms with E-state index >= 15 is 0 Å². The Balaban J connectivity index is 1.95. The summed E-state index contributed by atoms with van der Waals surface area (Å²) in [6.45, 7) is 1.96. The van der Waals surface area contributed by atoms with E-state index in [0.29, 0.717) is 15.7 Å². The Hall–Kier alpha value is -2.67. The Kier molecular flexibility index (Phi) is 6.08. The number of carbonyl (C=O) groups excluding carboxylic acids is 2. The molecule has 7 heteroatoms. The summed E-state index contributed by atoms with van der Waals surface area (Å²) in [7, 11) is 0. The molecule has 0 saturated carbocycles. The van der Waals surface area contributed by atoms with Gasteiger partial charge in [0.05, 0.1) is 10.7 Å². The second kappa shape index (κ2) is 8.26. The van der Waals surface area contributed by atoms with Gasteiger partial charge in [0, 0.05) is 5.69 Å². The van der Waals surface area contributed by atoms with Gasteiger partial charge in [-0.05, 0) is 57.7 Å². The number of rotatable bonds is 4. The molecular weight excluding hydrogens is 374 g/mol. The lowest BCUT2D eigenvalue weighted by Gasteiger charge is -2.08. The fourth-order valence-corrected chi connectivity index (χ4v) is 2.35. The van der Waals surface area contributed by atoms with Crippen LogP contribution >= 0.6 is 15.9 Å². The molecule has 0 aliphatic heterocycles. The first-order valence-corrected chi connectivity index (χ1v) is 8.01. The van der Waals surface area contributed by atoms with Gasteiger partial charge in [-0.1, -0.05) is 25.1 Å². The third-order valence-corrected chi connectivity index (χ3v) is 3.84. The molecule has 0 atom stereocenters. The van der Waals surface area contributed by atoms with Crippen molar-refractivity contribution in [3.8, 4) is 5.75 Å². The van der Waals surface area contributed by atoms with Crippen molar-refractivity contribution in [1.82, 2.24) is 5.43 Å². The Morgan fingerprint density at radius 1 is 1.21 bits per heavy atom. The highest BCUT2D eigenvalue weighted by Crippen LogP contribution is 2.23. The molecule has 3 N–H and O–H groups in total. The molecule has 0 unspecified atom stereocenters. The lowest BCUT2D eigenvalue weighted by Crippen LogP contribution is -2.32. The minimum atomic E-state index is -0.866. The number of benzene rings is 2. The maximum Gasteiger partial charge on any atom is 0.329 e. The normalized spacial score (nSPS) is 10.6. The highest BCUT2D eigenvalue weighted by Gasteiger charge is 2.14. The van der Waals surface area contributed by atoms with Crippen molar-refractivity contribution in [1.29, 1.82) is 0 Å². The summed E-state index contributed by atoms with van der Waals surface area (Å²) in [5, 5.41) is 15.7. The van der Waals surface area contributed by atoms with E-state index in [1.54, 1.807) is 24.3 Å². The molecule has 0 radical (unpaired) electrons. The molecule has 0 spiro atoms. The first kappa shape index (κ1) is 17.7. The minimum absolute atomic E-state index is 0.102. The molecule has 0 aliphatic carbocycles. The Morgan fingerprint density at radius 3 is 2.67 bits per heavy atom. The maximum absolute atomic E-state index is 11.9. The van der Waals surface area contributed by atoms with Crippen LogP contribution in [-0.4, -0.2) is 23.1 Å². The van der Waals surface area contributed by atoms with Crippen LogP contribution in [0.15, 0.2) is 52.0 Å². The number of hydrogen-bond donors (Lipinski definition) is 3. The fraction of sp³-hybridized carbons (Fsp3) is 0.118. The van der Waals surface area contributed by atoms with E-state index < -0.39 is 11.8 Å². The number of nitrogens with zero attached hydrogens (tertiary/aromatic N) is 1. The van der Waals surface area contributed by atoms with Crippen molar-refractivity contribution in [2.75, 3.05) is 5.32 Å². The summed E-state index contributed by atoms with van der Waals surface area (Å²) in [6.07, 6.45) is 2.11. The summed E-state index contributed by atoms with van der Waals surface area (Å²) in [5.74, 6) is -1.56. The molecule has 2 aromatic rings. The van der Waals surface area contributed by atoms with Crippen molar-refractivity contribution in [2.45, 2.75) is 13.3 Å². The number of amides is 2. The molecular formula is C17H16BrN3O3. The van der Waals surface area contributed by atoms with Crippen molar-refractivity contribution in [3.05, 3.63) is 58.1 Å². The second-order valence-electron chi connectivity index (χ2n) is 4.87. The third-order valence-electron chi connectivity index (χ3n) is 3.20. The second-order valence-corrected chi connectivity index (χ2v) is 5.73. The average Bonchev–Trinajstić information content (AvgIpc) is 2.58. The van der Waals surface area contributed by atoms with Gasteiger partial charge < -0.3 is 10.4 Å². The van der Waals surface area contributed by atoms with E-state index in [1.807, 2.05) is 19.1 Å². The van der Waals surface area contributed by atoms with E-state index in [9.17, 15) is 14.7 Å². The molecule has 0 saturated heterocycles. The maximum atomic E-state index is 11.9. The van der Waals surface area contributed by atoms with Gasteiger partial charge in [0.1, 0.15) is 5.75 Å². The molecule has 2 amide bonds. The van der Waals surface area contributed by atoms with Crippen LogP contribution in [0, 0.1) is 0 Å². The zero-order valence-corrected chi connectivity index (χ0v) is 14.5. The number of phenols is 1. The number of hydrogen-bond acceptors (Lipinski definition) is 4. The topological polar surface area (TPSA) is 90.8 Å². The Bertz CT molecular complexity index is 790. The monoisotopic (exact) mass is 389 g/mol. The summed E-state index contributed by atoms with van der Waals surface area (Å²) >= 11 is 3.18. The Labute approximate surface area is 147 Å². The van der Waals surface area contributed by atoms with Crippen molar-refractivity contribution in [3.63, 3.8) is 0 Å². The lowest BCUT2D eigenvalue weighted by atomic mass is 10.1. The summed E-state index contributed by atoms with van der Waals surface area (Å²) in [5.41, 5.74) is 4.36. The molecule has 0 aromatic heterocycles. The predicted octanol–water partition coefficient (Wildman–Crippen LogP) is 2.81. The third kappa shape index (κ3) is 4.66. The van der Waals surface area contributed by atoms with Crippen molar-refractivity contribution >= 4 is 39.6 Å². The quantitative estimate of drug-likeness (QED) is 0.426. The highest BCUT2D eigenvalue weighted by atomic mass is 79.9. The summed E-state index contributed by atoms with van der Waals surface area (Å²) in [4.78, 5) is 23.7. The number of aryl methyl sites for hydroxylation is 1. The van der Waals surface area contributed by atoms with E-state index in [0.717, 1.165) is 12.0 Å². The van der Waals surface area contributed by atoms with Crippen LogP contribution < -0.4 is 10.7 Å². The van der Waals surface area contributed by atoms with Crippen LogP contribution in [0.3, 0.4) is 0 Å². The SMILES string of the molecule is CCc1ccccc1NC(=O)C(=O)N/N=C/c1ccc(O)c(Br)c1. The minimum Gasteiger partial charge on any atom is -0.507 e. The van der Waals surface area contributed by atoms with Crippen molar-refractivity contribution in [2.24, 2.45) is 5.10 Å². The van der Waals surface area contributed by atoms with E-state index in [1.165, 1.54) is 12.3 Å². The van der Waals surface area contributed by atoms with Crippen LogP contribution in [-0.2, 0) is 16.0 Å². The van der Waals surface area contributed by atoms with Gasteiger partial charge in [0.25, 0.3) is 0 Å². The fourth-order valence-electron chi connectivity index (χ4n) is 1.95. The number of phenolic OH excluding ortho intramolecular Hbond substituents is 1. The number of hydrazone groups is 1. The molecule has 6 nitrogen and oxygen atoms in total. The van der Waals surface area contributed by atoms with Crippen LogP contribution in [0.25, 0.3) is 0 Å². The largest absolute Gasteiger partial charge is 0.507 e. The average molecular weight is 390 g/mol. The van der Waals surface area contributed by atoms with Gasteiger partial charge in [0.2, 0.25) is 0 Å². The summed E-state index contributed by atoms with van der Waals surface area (Å²) in [6, 6.07) is 12.0. The molecule has 0 heterocycles. The van der Waals surface area contributed by atoms with Gasteiger partial charge in [-0.2, -0.15) is 5.10 Å². The van der Waals surface area contributed by atoms with Crippen LogP contribution in [0.5, 0.6) is 5.75 Å². The Morgan fingerprint density at radius 2 is 1.96 bits per heavy atom. The molecule has 24 heavy (non-hydrogen) atoms. The zero-order valence-electron chi connectivity index (χ0n) is 12.9. The first-order valence-electron chi connectivity index (χ1n) is 7.22. The van der Waals surface area contributed by atoms with E-state index in [4.69, 9.17) is 0 Å². The standard InChI is InChI=1S/C17H16BrN3O3/c1-2-12-5-3-4-6-14(12)20-16(23)17(24)21-19-10-11-7-8-15(22)13(18)9-11/h3-10,22H,2H2,1H3,(H,20,23)(H,21,24)/b19-10+. The molecule has 0 fully saturated rings. The molecule has 2 aromatic carbocycles. The van der Waals surface area contributed by atoms with Crippen LogP contribution in [0.2, 0.25) is 0 Å². The number of anilines is 1.